The van der Waals surface area contributed by atoms with E-state index in [2.05, 4.69) is 5.32 Å². The zero-order valence-electron chi connectivity index (χ0n) is 10.4. The highest BCUT2D eigenvalue weighted by molar-refractivity contribution is 6.42. The molecular weight excluding hydrogens is 273 g/mol. The van der Waals surface area contributed by atoms with E-state index in [1.165, 1.54) is 0 Å². The van der Waals surface area contributed by atoms with Crippen LogP contribution in [0.3, 0.4) is 0 Å². The number of benzene rings is 1. The smallest absolute Gasteiger partial charge is 0.224 e. The minimum atomic E-state index is -0.222. The van der Waals surface area contributed by atoms with Gasteiger partial charge >= 0.3 is 0 Å². The highest BCUT2D eigenvalue weighted by Gasteiger charge is 2.15. The van der Waals surface area contributed by atoms with Gasteiger partial charge in [-0.15, -0.1) is 0 Å². The zero-order chi connectivity index (χ0) is 13.7. The monoisotopic (exact) mass is 289 g/mol. The average molecular weight is 290 g/mol. The fourth-order valence-corrected chi connectivity index (χ4v) is 1.84. The Balaban J connectivity index is 2.61. The number of halogens is 2. The summed E-state index contributed by atoms with van der Waals surface area (Å²) in [6.45, 7) is 3.82. The fraction of sp³-hybridized carbons (Fsp3) is 0.462. The van der Waals surface area contributed by atoms with Crippen molar-refractivity contribution in [3.8, 4) is 0 Å². The summed E-state index contributed by atoms with van der Waals surface area (Å²) in [4.78, 5) is 11.8. The summed E-state index contributed by atoms with van der Waals surface area (Å²) in [5, 5.41) is 12.8. The lowest BCUT2D eigenvalue weighted by Gasteiger charge is -2.19. The van der Waals surface area contributed by atoms with Crippen LogP contribution in [0.2, 0.25) is 10.0 Å². The summed E-state index contributed by atoms with van der Waals surface area (Å²) >= 11 is 11.7. The van der Waals surface area contributed by atoms with Crippen LogP contribution in [-0.4, -0.2) is 23.7 Å². The molecule has 100 valence electrons. The maximum absolute atomic E-state index is 11.8. The lowest BCUT2D eigenvalue weighted by atomic mass is 10.0. The fourth-order valence-electron chi connectivity index (χ4n) is 1.52. The number of amides is 1. The van der Waals surface area contributed by atoms with Gasteiger partial charge in [0, 0.05) is 0 Å². The molecule has 0 heterocycles. The van der Waals surface area contributed by atoms with Gasteiger partial charge < -0.3 is 10.4 Å². The van der Waals surface area contributed by atoms with Crippen LogP contribution < -0.4 is 5.32 Å². The first-order valence-electron chi connectivity index (χ1n) is 5.78. The van der Waals surface area contributed by atoms with Crippen molar-refractivity contribution >= 4 is 29.1 Å². The normalized spacial score (nSPS) is 12.6. The molecule has 1 aromatic carbocycles. The van der Waals surface area contributed by atoms with Gasteiger partial charge in [-0.05, 0) is 23.6 Å². The average Bonchev–Trinajstić information content (AvgIpc) is 2.30. The molecule has 0 aromatic heterocycles. The third-order valence-electron chi connectivity index (χ3n) is 2.70. The lowest BCUT2D eigenvalue weighted by molar-refractivity contribution is -0.121. The predicted molar refractivity (Wildman–Crippen MR) is 74.0 cm³/mol. The molecule has 0 aliphatic heterocycles. The molecule has 0 saturated heterocycles. The van der Waals surface area contributed by atoms with Crippen LogP contribution in [0.5, 0.6) is 0 Å². The quantitative estimate of drug-likeness (QED) is 0.876. The number of nitrogens with one attached hydrogen (secondary N) is 1. The molecule has 0 unspecified atom stereocenters. The second-order valence-corrected chi connectivity index (χ2v) is 5.34. The molecular formula is C13H17Cl2NO2. The van der Waals surface area contributed by atoms with Crippen molar-refractivity contribution in [3.63, 3.8) is 0 Å². The molecule has 2 N–H and O–H groups in total. The van der Waals surface area contributed by atoms with Crippen LogP contribution >= 0.6 is 23.2 Å². The van der Waals surface area contributed by atoms with Gasteiger partial charge in [0.25, 0.3) is 0 Å². The number of aliphatic hydroxyl groups is 1. The van der Waals surface area contributed by atoms with Gasteiger partial charge in [0.1, 0.15) is 0 Å². The molecule has 3 nitrogen and oxygen atoms in total. The Hall–Kier alpha value is -0.770. The van der Waals surface area contributed by atoms with Crippen molar-refractivity contribution in [3.05, 3.63) is 33.8 Å². The summed E-state index contributed by atoms with van der Waals surface area (Å²) < 4.78 is 0. The number of hydrogen-bond donors (Lipinski definition) is 2. The topological polar surface area (TPSA) is 49.3 Å². The third kappa shape index (κ3) is 4.48. The van der Waals surface area contributed by atoms with E-state index in [-0.39, 0.29) is 30.9 Å². The molecule has 0 aliphatic carbocycles. The van der Waals surface area contributed by atoms with Crippen LogP contribution in [0.25, 0.3) is 0 Å². The maximum Gasteiger partial charge on any atom is 0.224 e. The van der Waals surface area contributed by atoms with E-state index in [1.54, 1.807) is 18.2 Å². The molecule has 1 rings (SSSR count). The van der Waals surface area contributed by atoms with E-state index in [1.807, 2.05) is 13.8 Å². The Bertz CT molecular complexity index is 421. The standard InChI is InChI=1S/C13H17Cl2NO2/c1-8(2)12(7-17)16-13(18)6-9-3-4-10(14)11(15)5-9/h3-5,8,12,17H,6-7H2,1-2H3,(H,16,18)/t12-/m1/s1. The molecule has 1 atom stereocenters. The molecule has 0 fully saturated rings. The Morgan fingerprint density at radius 3 is 2.50 bits per heavy atom. The first-order chi connectivity index (χ1) is 8.43. The minimum absolute atomic E-state index is 0.0647. The summed E-state index contributed by atoms with van der Waals surface area (Å²) in [7, 11) is 0. The Kier molecular flexibility index (Phi) is 5.93. The number of carbonyl (C=O) groups is 1. The van der Waals surface area contributed by atoms with Gasteiger partial charge in [0.05, 0.1) is 29.1 Å². The number of aliphatic hydroxyl groups excluding tert-OH is 1. The van der Waals surface area contributed by atoms with E-state index in [0.717, 1.165) is 5.56 Å². The lowest BCUT2D eigenvalue weighted by Crippen LogP contribution is -2.41. The molecule has 0 aliphatic rings. The van der Waals surface area contributed by atoms with Crippen molar-refractivity contribution in [2.45, 2.75) is 26.3 Å². The number of carbonyl (C=O) groups excluding carboxylic acids is 1. The van der Waals surface area contributed by atoms with Crippen molar-refractivity contribution < 1.29 is 9.90 Å². The zero-order valence-corrected chi connectivity index (χ0v) is 11.9. The van der Waals surface area contributed by atoms with Crippen LogP contribution in [-0.2, 0) is 11.2 Å². The summed E-state index contributed by atoms with van der Waals surface area (Å²) in [5.41, 5.74) is 0.794. The molecule has 1 amide bonds. The first-order valence-corrected chi connectivity index (χ1v) is 6.53. The van der Waals surface area contributed by atoms with Gasteiger partial charge in [0.2, 0.25) is 5.91 Å². The SMILES string of the molecule is CC(C)[C@@H](CO)NC(=O)Cc1ccc(Cl)c(Cl)c1. The molecule has 1 aromatic rings. The van der Waals surface area contributed by atoms with E-state index in [4.69, 9.17) is 28.3 Å². The predicted octanol–water partition coefficient (Wildman–Crippen LogP) is 2.67. The summed E-state index contributed by atoms with van der Waals surface area (Å²) in [6, 6.07) is 4.88. The molecule has 0 bridgehead atoms. The second kappa shape index (κ2) is 6.98. The Morgan fingerprint density at radius 2 is 2.00 bits per heavy atom. The van der Waals surface area contributed by atoms with Gasteiger partial charge in [-0.2, -0.15) is 0 Å². The van der Waals surface area contributed by atoms with Crippen LogP contribution in [0.4, 0.5) is 0 Å². The van der Waals surface area contributed by atoms with Gasteiger partial charge in [-0.3, -0.25) is 4.79 Å². The van der Waals surface area contributed by atoms with Gasteiger partial charge in [0.15, 0.2) is 0 Å². The summed E-state index contributed by atoms with van der Waals surface area (Å²) in [6.07, 6.45) is 0.222. The highest BCUT2D eigenvalue weighted by atomic mass is 35.5. The largest absolute Gasteiger partial charge is 0.394 e. The van der Waals surface area contributed by atoms with Crippen molar-refractivity contribution in [1.29, 1.82) is 0 Å². The van der Waals surface area contributed by atoms with Crippen LogP contribution in [0.15, 0.2) is 18.2 Å². The van der Waals surface area contributed by atoms with Crippen molar-refractivity contribution in [2.75, 3.05) is 6.61 Å². The van der Waals surface area contributed by atoms with E-state index < -0.39 is 0 Å². The Morgan fingerprint density at radius 1 is 1.33 bits per heavy atom. The van der Waals surface area contributed by atoms with Crippen molar-refractivity contribution in [1.82, 2.24) is 5.32 Å². The van der Waals surface area contributed by atoms with Crippen LogP contribution in [0.1, 0.15) is 19.4 Å². The minimum Gasteiger partial charge on any atom is -0.394 e. The molecule has 0 radical (unpaired) electrons. The third-order valence-corrected chi connectivity index (χ3v) is 3.44. The first kappa shape index (κ1) is 15.3. The van der Waals surface area contributed by atoms with Gasteiger partial charge in [-0.25, -0.2) is 0 Å². The molecule has 0 saturated carbocycles. The molecule has 5 heteroatoms. The molecule has 18 heavy (non-hydrogen) atoms. The summed E-state index contributed by atoms with van der Waals surface area (Å²) in [5.74, 6) is 0.0499. The van der Waals surface area contributed by atoms with Crippen LogP contribution in [0, 0.1) is 5.92 Å². The maximum atomic E-state index is 11.8. The second-order valence-electron chi connectivity index (χ2n) is 4.53. The van der Waals surface area contributed by atoms with Crippen molar-refractivity contribution in [2.24, 2.45) is 5.92 Å². The van der Waals surface area contributed by atoms with E-state index in [0.29, 0.717) is 10.0 Å². The van der Waals surface area contributed by atoms with E-state index >= 15 is 0 Å². The number of hydrogen-bond acceptors (Lipinski definition) is 2. The number of rotatable bonds is 5. The Labute approximate surface area is 117 Å². The molecule has 0 spiro atoms. The van der Waals surface area contributed by atoms with E-state index in [9.17, 15) is 4.79 Å². The highest BCUT2D eigenvalue weighted by Crippen LogP contribution is 2.22. The van der Waals surface area contributed by atoms with Gasteiger partial charge in [-0.1, -0.05) is 43.1 Å².